The number of likely N-dealkylation sites (tertiary alicyclic amines) is 1. The Morgan fingerprint density at radius 1 is 1.38 bits per heavy atom. The second-order valence-electron chi connectivity index (χ2n) is 6.41. The Kier molecular flexibility index (Phi) is 3.48. The maximum atomic E-state index is 14.3. The van der Waals surface area contributed by atoms with Crippen LogP contribution < -0.4 is 5.32 Å². The van der Waals surface area contributed by atoms with Gasteiger partial charge in [-0.2, -0.15) is 0 Å². The molecule has 1 saturated heterocycles. The van der Waals surface area contributed by atoms with Crippen LogP contribution in [0.5, 0.6) is 0 Å². The first-order valence-electron chi connectivity index (χ1n) is 7.83. The molecule has 4 rings (SSSR count). The number of benzene rings is 1. The van der Waals surface area contributed by atoms with Crippen molar-refractivity contribution in [1.29, 1.82) is 0 Å². The summed E-state index contributed by atoms with van der Waals surface area (Å²) >= 11 is 1.74. The zero-order valence-corrected chi connectivity index (χ0v) is 13.2. The average molecular weight is 304 g/mol. The Bertz CT molecular complexity index is 666. The van der Waals surface area contributed by atoms with Crippen LogP contribution in [0.1, 0.15) is 29.7 Å². The minimum absolute atomic E-state index is 0.0644. The van der Waals surface area contributed by atoms with E-state index in [-0.39, 0.29) is 5.82 Å². The fraction of sp³-hybridized carbons (Fsp3) is 0.529. The lowest BCUT2D eigenvalue weighted by Gasteiger charge is -2.27. The van der Waals surface area contributed by atoms with Gasteiger partial charge >= 0.3 is 0 Å². The standard InChI is InChI=1S/C17H21FN2S/c1-19-8-16-13(10-20-9-11-5-6-12(20)7-11)17-14(18)3-2-4-15(17)21-16/h2-4,11-12,19H,5-10H2,1H3. The third-order valence-corrected chi connectivity index (χ3v) is 6.27. The number of nitrogens with one attached hydrogen (secondary N) is 1. The molecule has 1 N–H and O–H groups in total. The molecule has 2 bridgehead atoms. The first kappa shape index (κ1) is 13.7. The molecule has 2 heterocycles. The van der Waals surface area contributed by atoms with Crippen molar-refractivity contribution in [2.75, 3.05) is 13.6 Å². The van der Waals surface area contributed by atoms with Gasteiger partial charge in [0.2, 0.25) is 0 Å². The van der Waals surface area contributed by atoms with E-state index >= 15 is 0 Å². The molecule has 2 fully saturated rings. The van der Waals surface area contributed by atoms with Gasteiger partial charge in [-0.05, 0) is 49.9 Å². The third-order valence-electron chi connectivity index (χ3n) is 5.07. The van der Waals surface area contributed by atoms with Gasteiger partial charge in [-0.3, -0.25) is 4.90 Å². The van der Waals surface area contributed by atoms with Crippen LogP contribution in [0, 0.1) is 11.7 Å². The van der Waals surface area contributed by atoms with E-state index < -0.39 is 0 Å². The van der Waals surface area contributed by atoms with E-state index in [0.29, 0.717) is 0 Å². The predicted octanol–water partition coefficient (Wildman–Crippen LogP) is 3.74. The van der Waals surface area contributed by atoms with E-state index in [1.807, 2.05) is 19.2 Å². The highest BCUT2D eigenvalue weighted by atomic mass is 32.1. The van der Waals surface area contributed by atoms with Crippen molar-refractivity contribution >= 4 is 21.4 Å². The summed E-state index contributed by atoms with van der Waals surface area (Å²) in [6.07, 6.45) is 4.08. The topological polar surface area (TPSA) is 15.3 Å². The minimum Gasteiger partial charge on any atom is -0.315 e. The number of piperidine rings is 1. The Morgan fingerprint density at radius 3 is 3.00 bits per heavy atom. The first-order chi connectivity index (χ1) is 10.3. The number of hydrogen-bond acceptors (Lipinski definition) is 3. The van der Waals surface area contributed by atoms with Crippen LogP contribution in [0.2, 0.25) is 0 Å². The molecule has 1 aliphatic heterocycles. The van der Waals surface area contributed by atoms with Crippen LogP contribution in [0.4, 0.5) is 4.39 Å². The normalized spacial score (nSPS) is 25.2. The van der Waals surface area contributed by atoms with E-state index in [0.717, 1.165) is 35.1 Å². The van der Waals surface area contributed by atoms with E-state index in [4.69, 9.17) is 0 Å². The highest BCUT2D eigenvalue weighted by Crippen LogP contribution is 2.41. The molecule has 2 unspecified atom stereocenters. The number of hydrogen-bond donors (Lipinski definition) is 1. The summed E-state index contributed by atoms with van der Waals surface area (Å²) in [5.41, 5.74) is 1.22. The monoisotopic (exact) mass is 304 g/mol. The fourth-order valence-corrected chi connectivity index (χ4v) is 5.35. The number of rotatable bonds is 4. The SMILES string of the molecule is CNCc1sc2cccc(F)c2c1CN1CC2CCC1C2. The van der Waals surface area contributed by atoms with Crippen molar-refractivity contribution in [3.8, 4) is 0 Å². The van der Waals surface area contributed by atoms with E-state index in [1.165, 1.54) is 36.2 Å². The largest absolute Gasteiger partial charge is 0.315 e. The van der Waals surface area contributed by atoms with Gasteiger partial charge in [0.15, 0.2) is 0 Å². The molecule has 1 saturated carbocycles. The summed E-state index contributed by atoms with van der Waals surface area (Å²) in [5, 5.41) is 4.09. The number of thiophene rings is 1. The van der Waals surface area contributed by atoms with Crippen LogP contribution in [0.3, 0.4) is 0 Å². The van der Waals surface area contributed by atoms with Crippen LogP contribution >= 0.6 is 11.3 Å². The molecule has 0 radical (unpaired) electrons. The molecule has 21 heavy (non-hydrogen) atoms. The summed E-state index contributed by atoms with van der Waals surface area (Å²) in [4.78, 5) is 3.88. The summed E-state index contributed by atoms with van der Waals surface area (Å²) in [6, 6.07) is 6.19. The summed E-state index contributed by atoms with van der Waals surface area (Å²) in [7, 11) is 1.96. The third kappa shape index (κ3) is 2.30. The van der Waals surface area contributed by atoms with Gasteiger partial charge in [0, 0.05) is 40.6 Å². The Morgan fingerprint density at radius 2 is 2.29 bits per heavy atom. The van der Waals surface area contributed by atoms with E-state index in [2.05, 4.69) is 10.2 Å². The molecule has 2 atom stereocenters. The molecule has 2 aliphatic rings. The molecule has 1 aliphatic carbocycles. The van der Waals surface area contributed by atoms with Gasteiger partial charge < -0.3 is 5.32 Å². The molecule has 0 spiro atoms. The lowest BCUT2D eigenvalue weighted by Crippen LogP contribution is -2.31. The van der Waals surface area contributed by atoms with E-state index in [1.54, 1.807) is 17.4 Å². The Labute approximate surface area is 129 Å². The smallest absolute Gasteiger partial charge is 0.132 e. The van der Waals surface area contributed by atoms with Crippen molar-refractivity contribution in [1.82, 2.24) is 10.2 Å². The van der Waals surface area contributed by atoms with Crippen molar-refractivity contribution in [2.24, 2.45) is 5.92 Å². The summed E-state index contributed by atoms with van der Waals surface area (Å²) in [5.74, 6) is 0.822. The molecule has 2 nitrogen and oxygen atoms in total. The number of nitrogens with zero attached hydrogens (tertiary/aromatic N) is 1. The maximum absolute atomic E-state index is 14.3. The van der Waals surface area contributed by atoms with Gasteiger partial charge in [0.1, 0.15) is 5.82 Å². The zero-order valence-electron chi connectivity index (χ0n) is 12.4. The Balaban J connectivity index is 1.73. The second kappa shape index (κ2) is 5.34. The summed E-state index contributed by atoms with van der Waals surface area (Å²) < 4.78 is 15.4. The molecule has 4 heteroatoms. The zero-order chi connectivity index (χ0) is 14.4. The molecule has 112 valence electrons. The number of halogens is 1. The van der Waals surface area contributed by atoms with E-state index in [9.17, 15) is 4.39 Å². The van der Waals surface area contributed by atoms with Crippen molar-refractivity contribution in [3.05, 3.63) is 34.5 Å². The van der Waals surface area contributed by atoms with Crippen LogP contribution in [-0.4, -0.2) is 24.5 Å². The lowest BCUT2D eigenvalue weighted by atomic mass is 10.1. The van der Waals surface area contributed by atoms with Gasteiger partial charge in [-0.15, -0.1) is 11.3 Å². The average Bonchev–Trinajstić information content (AvgIpc) is 3.15. The molecular weight excluding hydrogens is 283 g/mol. The predicted molar refractivity (Wildman–Crippen MR) is 86.1 cm³/mol. The minimum atomic E-state index is -0.0644. The fourth-order valence-electron chi connectivity index (χ4n) is 4.11. The van der Waals surface area contributed by atoms with Crippen LogP contribution in [-0.2, 0) is 13.1 Å². The van der Waals surface area contributed by atoms with Crippen molar-refractivity contribution < 1.29 is 4.39 Å². The number of fused-ring (bicyclic) bond motifs is 3. The molecule has 2 aromatic rings. The summed E-state index contributed by atoms with van der Waals surface area (Å²) in [6.45, 7) is 2.95. The molecular formula is C17H21FN2S. The molecule has 1 aromatic heterocycles. The van der Waals surface area contributed by atoms with Gasteiger partial charge in [0.25, 0.3) is 0 Å². The van der Waals surface area contributed by atoms with Crippen LogP contribution in [0.25, 0.3) is 10.1 Å². The first-order valence-corrected chi connectivity index (χ1v) is 8.65. The Hall–Kier alpha value is -0.970. The second-order valence-corrected chi connectivity index (χ2v) is 7.55. The highest BCUT2D eigenvalue weighted by molar-refractivity contribution is 7.19. The quantitative estimate of drug-likeness (QED) is 0.925. The van der Waals surface area contributed by atoms with Gasteiger partial charge in [-0.1, -0.05) is 6.07 Å². The van der Waals surface area contributed by atoms with Crippen LogP contribution in [0.15, 0.2) is 18.2 Å². The van der Waals surface area contributed by atoms with Crippen molar-refractivity contribution in [2.45, 2.75) is 38.4 Å². The van der Waals surface area contributed by atoms with Gasteiger partial charge in [-0.25, -0.2) is 4.39 Å². The molecule has 1 aromatic carbocycles. The van der Waals surface area contributed by atoms with Gasteiger partial charge in [0.05, 0.1) is 0 Å². The lowest BCUT2D eigenvalue weighted by molar-refractivity contribution is 0.205. The molecule has 0 amide bonds. The maximum Gasteiger partial charge on any atom is 0.132 e. The van der Waals surface area contributed by atoms with Crippen molar-refractivity contribution in [3.63, 3.8) is 0 Å². The highest BCUT2D eigenvalue weighted by Gasteiger charge is 2.38.